The summed E-state index contributed by atoms with van der Waals surface area (Å²) in [5.41, 5.74) is 0.353. The summed E-state index contributed by atoms with van der Waals surface area (Å²) in [5.74, 6) is 0.560. The largest absolute Gasteiger partial charge is 0.391 e. The molecule has 0 heterocycles. The average molecular weight is 188 g/mol. The molecular formula is C11H24O2. The van der Waals surface area contributed by atoms with E-state index in [1.54, 1.807) is 7.11 Å². The molecule has 0 aromatic heterocycles. The number of ether oxygens (including phenoxy) is 1. The van der Waals surface area contributed by atoms with Crippen LogP contribution in [0.5, 0.6) is 0 Å². The molecule has 0 spiro atoms. The normalized spacial score (nSPS) is 17.1. The maximum absolute atomic E-state index is 9.49. The van der Waals surface area contributed by atoms with Crippen molar-refractivity contribution in [2.75, 3.05) is 13.7 Å². The number of hydrogen-bond donors (Lipinski definition) is 1. The molecule has 0 aromatic rings. The Hall–Kier alpha value is -0.0800. The third-order valence-corrected chi connectivity index (χ3v) is 1.99. The molecular weight excluding hydrogens is 164 g/mol. The highest BCUT2D eigenvalue weighted by molar-refractivity contribution is 4.69. The predicted octanol–water partition coefficient (Wildman–Crippen LogP) is 2.46. The van der Waals surface area contributed by atoms with Gasteiger partial charge in [0.25, 0.3) is 0 Å². The van der Waals surface area contributed by atoms with E-state index in [2.05, 4.69) is 27.7 Å². The minimum absolute atomic E-state index is 0.303. The summed E-state index contributed by atoms with van der Waals surface area (Å²) in [7, 11) is 1.62. The summed E-state index contributed by atoms with van der Waals surface area (Å²) < 4.78 is 4.88. The first kappa shape index (κ1) is 12.9. The van der Waals surface area contributed by atoms with Crippen molar-refractivity contribution in [3.63, 3.8) is 0 Å². The van der Waals surface area contributed by atoms with Gasteiger partial charge in [0, 0.05) is 7.11 Å². The summed E-state index contributed by atoms with van der Waals surface area (Å²) in [6, 6.07) is 0. The average Bonchev–Trinajstić information content (AvgIpc) is 1.81. The van der Waals surface area contributed by atoms with Gasteiger partial charge in [0.15, 0.2) is 0 Å². The molecule has 1 N–H and O–H groups in total. The molecule has 0 amide bonds. The highest BCUT2D eigenvalue weighted by atomic mass is 16.5. The van der Waals surface area contributed by atoms with E-state index in [1.165, 1.54) is 0 Å². The number of aliphatic hydroxyl groups is 1. The minimum atomic E-state index is -0.303. The summed E-state index contributed by atoms with van der Waals surface area (Å²) in [6.07, 6.45) is 1.68. The van der Waals surface area contributed by atoms with Gasteiger partial charge in [0.05, 0.1) is 12.7 Å². The first-order chi connectivity index (χ1) is 5.85. The monoisotopic (exact) mass is 188 g/mol. The van der Waals surface area contributed by atoms with E-state index < -0.39 is 0 Å². The summed E-state index contributed by atoms with van der Waals surface area (Å²) in [4.78, 5) is 0. The zero-order chi connectivity index (χ0) is 10.5. The molecule has 2 unspecified atom stereocenters. The molecule has 0 aliphatic carbocycles. The summed E-state index contributed by atoms with van der Waals surface area (Å²) >= 11 is 0. The maximum atomic E-state index is 9.49. The zero-order valence-electron chi connectivity index (χ0n) is 9.63. The Balaban J connectivity index is 3.67. The summed E-state index contributed by atoms with van der Waals surface area (Å²) in [5, 5.41) is 9.49. The molecule has 0 aliphatic heterocycles. The second kappa shape index (κ2) is 5.61. The summed E-state index contributed by atoms with van der Waals surface area (Å²) in [6.45, 7) is 9.32. The Bertz CT molecular complexity index is 127. The fourth-order valence-corrected chi connectivity index (χ4v) is 1.85. The molecule has 0 aromatic carbocycles. The zero-order valence-corrected chi connectivity index (χ0v) is 9.63. The topological polar surface area (TPSA) is 29.5 Å². The van der Waals surface area contributed by atoms with Gasteiger partial charge in [0.1, 0.15) is 0 Å². The van der Waals surface area contributed by atoms with Crippen LogP contribution in [0.3, 0.4) is 0 Å². The van der Waals surface area contributed by atoms with Crippen molar-refractivity contribution >= 4 is 0 Å². The Labute approximate surface area is 82.3 Å². The Morgan fingerprint density at radius 1 is 1.31 bits per heavy atom. The van der Waals surface area contributed by atoms with Crippen LogP contribution in [0.4, 0.5) is 0 Å². The van der Waals surface area contributed by atoms with Crippen LogP contribution >= 0.6 is 0 Å². The highest BCUT2D eigenvalue weighted by Crippen LogP contribution is 2.26. The molecule has 2 atom stereocenters. The smallest absolute Gasteiger partial charge is 0.0776 e. The lowest BCUT2D eigenvalue weighted by molar-refractivity contribution is 0.0457. The van der Waals surface area contributed by atoms with Gasteiger partial charge in [-0.05, 0) is 24.2 Å². The Morgan fingerprint density at radius 3 is 2.23 bits per heavy atom. The lowest BCUT2D eigenvalue weighted by atomic mass is 9.83. The molecule has 0 bridgehead atoms. The van der Waals surface area contributed by atoms with Crippen molar-refractivity contribution in [3.05, 3.63) is 0 Å². The van der Waals surface area contributed by atoms with Gasteiger partial charge in [-0.3, -0.25) is 0 Å². The van der Waals surface area contributed by atoms with Crippen molar-refractivity contribution in [3.8, 4) is 0 Å². The maximum Gasteiger partial charge on any atom is 0.0776 e. The van der Waals surface area contributed by atoms with Crippen molar-refractivity contribution < 1.29 is 9.84 Å². The van der Waals surface area contributed by atoms with Crippen LogP contribution in [-0.4, -0.2) is 24.9 Å². The molecule has 0 fully saturated rings. The first-order valence-electron chi connectivity index (χ1n) is 5.02. The molecule has 0 rings (SSSR count). The number of aliphatic hydroxyl groups excluding tert-OH is 1. The third kappa shape index (κ3) is 8.26. The predicted molar refractivity (Wildman–Crippen MR) is 55.7 cm³/mol. The second-order valence-electron chi connectivity index (χ2n) is 5.21. The van der Waals surface area contributed by atoms with Crippen LogP contribution in [0.1, 0.15) is 40.5 Å². The van der Waals surface area contributed by atoms with Crippen LogP contribution in [0, 0.1) is 11.3 Å². The first-order valence-corrected chi connectivity index (χ1v) is 5.02. The van der Waals surface area contributed by atoms with E-state index in [0.29, 0.717) is 17.9 Å². The molecule has 0 radical (unpaired) electrons. The van der Waals surface area contributed by atoms with Crippen LogP contribution in [-0.2, 0) is 4.74 Å². The van der Waals surface area contributed by atoms with Gasteiger partial charge in [-0.15, -0.1) is 0 Å². The highest BCUT2D eigenvalue weighted by Gasteiger charge is 2.17. The molecule has 0 aliphatic rings. The van der Waals surface area contributed by atoms with Crippen LogP contribution in [0.25, 0.3) is 0 Å². The van der Waals surface area contributed by atoms with Crippen molar-refractivity contribution in [1.82, 2.24) is 0 Å². The number of rotatable bonds is 5. The lowest BCUT2D eigenvalue weighted by Crippen LogP contribution is -2.20. The second-order valence-corrected chi connectivity index (χ2v) is 5.21. The molecule has 2 nitrogen and oxygen atoms in total. The van der Waals surface area contributed by atoms with Gasteiger partial charge in [-0.2, -0.15) is 0 Å². The standard InChI is InChI=1S/C11H24O2/c1-9(7-11(2,3)4)6-10(12)8-13-5/h9-10,12H,6-8H2,1-5H3. The van der Waals surface area contributed by atoms with Crippen LogP contribution < -0.4 is 0 Å². The number of methoxy groups -OCH3 is 1. The van der Waals surface area contributed by atoms with Crippen LogP contribution in [0.2, 0.25) is 0 Å². The van der Waals surface area contributed by atoms with Gasteiger partial charge >= 0.3 is 0 Å². The van der Waals surface area contributed by atoms with E-state index in [9.17, 15) is 5.11 Å². The molecule has 80 valence electrons. The van der Waals surface area contributed by atoms with Gasteiger partial charge in [0.2, 0.25) is 0 Å². The van der Waals surface area contributed by atoms with E-state index in [-0.39, 0.29) is 6.10 Å². The molecule has 0 saturated carbocycles. The van der Waals surface area contributed by atoms with Crippen molar-refractivity contribution in [1.29, 1.82) is 0 Å². The fraction of sp³-hybridized carbons (Fsp3) is 1.00. The van der Waals surface area contributed by atoms with E-state index in [0.717, 1.165) is 12.8 Å². The lowest BCUT2D eigenvalue weighted by Gasteiger charge is -2.24. The quantitative estimate of drug-likeness (QED) is 0.718. The van der Waals surface area contributed by atoms with Crippen molar-refractivity contribution in [2.24, 2.45) is 11.3 Å². The van der Waals surface area contributed by atoms with Crippen LogP contribution in [0.15, 0.2) is 0 Å². The van der Waals surface area contributed by atoms with E-state index in [1.807, 2.05) is 0 Å². The van der Waals surface area contributed by atoms with E-state index in [4.69, 9.17) is 4.74 Å². The van der Waals surface area contributed by atoms with Crippen molar-refractivity contribution in [2.45, 2.75) is 46.6 Å². The molecule has 0 saturated heterocycles. The Kier molecular flexibility index (Phi) is 5.57. The molecule has 2 heteroatoms. The van der Waals surface area contributed by atoms with Gasteiger partial charge < -0.3 is 9.84 Å². The van der Waals surface area contributed by atoms with Gasteiger partial charge in [-0.25, -0.2) is 0 Å². The number of hydrogen-bond acceptors (Lipinski definition) is 2. The molecule has 13 heavy (non-hydrogen) atoms. The van der Waals surface area contributed by atoms with Gasteiger partial charge in [-0.1, -0.05) is 27.7 Å². The fourth-order valence-electron chi connectivity index (χ4n) is 1.85. The Morgan fingerprint density at radius 2 is 1.85 bits per heavy atom. The third-order valence-electron chi connectivity index (χ3n) is 1.99. The van der Waals surface area contributed by atoms with E-state index >= 15 is 0 Å². The SMILES string of the molecule is COCC(O)CC(C)CC(C)(C)C. The minimum Gasteiger partial charge on any atom is -0.391 e.